The fourth-order valence-corrected chi connectivity index (χ4v) is 2.67. The molecule has 0 aliphatic carbocycles. The van der Waals surface area contributed by atoms with E-state index in [0.717, 1.165) is 34.8 Å². The van der Waals surface area contributed by atoms with E-state index in [9.17, 15) is 4.79 Å². The summed E-state index contributed by atoms with van der Waals surface area (Å²) in [4.78, 5) is 11.9. The fourth-order valence-electron chi connectivity index (χ4n) is 2.67. The molecule has 1 aliphatic rings. The second-order valence-corrected chi connectivity index (χ2v) is 6.08. The van der Waals surface area contributed by atoms with Gasteiger partial charge in [-0.15, -0.1) is 0 Å². The third kappa shape index (κ3) is 4.44. The summed E-state index contributed by atoms with van der Waals surface area (Å²) in [6.45, 7) is 5.30. The lowest BCUT2D eigenvalue weighted by Crippen LogP contribution is -2.27. The number of benzene rings is 2. The molecule has 1 aliphatic heterocycles. The van der Waals surface area contributed by atoms with Gasteiger partial charge in [-0.05, 0) is 55.2 Å². The summed E-state index contributed by atoms with van der Waals surface area (Å²) in [7, 11) is 0. The Balaban J connectivity index is 1.37. The van der Waals surface area contributed by atoms with Crippen molar-refractivity contribution in [2.75, 3.05) is 19.9 Å². The highest BCUT2D eigenvalue weighted by Crippen LogP contribution is 2.32. The van der Waals surface area contributed by atoms with Crippen molar-refractivity contribution in [1.29, 1.82) is 0 Å². The number of fused-ring (bicyclic) bond motifs is 1. The molecule has 0 radical (unpaired) electrons. The van der Waals surface area contributed by atoms with Crippen molar-refractivity contribution >= 4 is 5.91 Å². The van der Waals surface area contributed by atoms with Gasteiger partial charge in [-0.25, -0.2) is 0 Å². The molecule has 1 amide bonds. The Hall–Kier alpha value is -2.69. The molecule has 0 unspecified atom stereocenters. The summed E-state index contributed by atoms with van der Waals surface area (Å²) in [5, 5.41) is 2.92. The van der Waals surface area contributed by atoms with Gasteiger partial charge in [0.1, 0.15) is 5.75 Å². The van der Waals surface area contributed by atoms with E-state index in [1.807, 2.05) is 50.2 Å². The second-order valence-electron chi connectivity index (χ2n) is 6.08. The normalized spacial score (nSPS) is 12.1. The molecular formula is C20H23NO4. The highest BCUT2D eigenvalue weighted by Gasteiger charge is 2.13. The lowest BCUT2D eigenvalue weighted by molar-refractivity contribution is -0.121. The topological polar surface area (TPSA) is 56.8 Å². The van der Waals surface area contributed by atoms with E-state index in [2.05, 4.69) is 5.32 Å². The van der Waals surface area contributed by atoms with Crippen LogP contribution in [0.3, 0.4) is 0 Å². The van der Waals surface area contributed by atoms with Gasteiger partial charge >= 0.3 is 0 Å². The van der Waals surface area contributed by atoms with E-state index < -0.39 is 0 Å². The predicted octanol–water partition coefficient (Wildman–Crippen LogP) is 3.16. The molecule has 5 nitrogen and oxygen atoms in total. The van der Waals surface area contributed by atoms with Gasteiger partial charge in [0, 0.05) is 6.54 Å². The van der Waals surface area contributed by atoms with Gasteiger partial charge in [0.15, 0.2) is 11.5 Å². The second kappa shape index (κ2) is 7.92. The summed E-state index contributed by atoms with van der Waals surface area (Å²) < 4.78 is 16.4. The highest BCUT2D eigenvalue weighted by molar-refractivity contribution is 5.76. The minimum atomic E-state index is -0.00829. The average molecular weight is 341 g/mol. The average Bonchev–Trinajstić information content (AvgIpc) is 3.06. The van der Waals surface area contributed by atoms with E-state index in [4.69, 9.17) is 14.2 Å². The van der Waals surface area contributed by atoms with Crippen molar-refractivity contribution in [3.8, 4) is 17.2 Å². The first-order chi connectivity index (χ1) is 12.1. The van der Waals surface area contributed by atoms with Crippen molar-refractivity contribution in [2.45, 2.75) is 26.7 Å². The Bertz CT molecular complexity index is 757. The minimum absolute atomic E-state index is 0.00829. The van der Waals surface area contributed by atoms with Crippen molar-refractivity contribution in [3.63, 3.8) is 0 Å². The lowest BCUT2D eigenvalue weighted by Gasteiger charge is -2.11. The van der Waals surface area contributed by atoms with E-state index in [1.165, 1.54) is 5.56 Å². The number of amides is 1. The van der Waals surface area contributed by atoms with E-state index >= 15 is 0 Å². The number of hydrogen-bond donors (Lipinski definition) is 1. The van der Waals surface area contributed by atoms with E-state index in [-0.39, 0.29) is 12.7 Å². The number of ether oxygens (including phenoxy) is 3. The van der Waals surface area contributed by atoms with Crippen molar-refractivity contribution in [2.24, 2.45) is 0 Å². The zero-order valence-corrected chi connectivity index (χ0v) is 14.6. The smallest absolute Gasteiger partial charge is 0.231 e. The third-order valence-corrected chi connectivity index (χ3v) is 4.31. The minimum Gasteiger partial charge on any atom is -0.493 e. The molecule has 132 valence electrons. The number of hydrogen-bond acceptors (Lipinski definition) is 4. The molecule has 25 heavy (non-hydrogen) atoms. The Morgan fingerprint density at radius 3 is 2.88 bits per heavy atom. The Kier molecular flexibility index (Phi) is 5.43. The maximum absolute atomic E-state index is 11.9. The lowest BCUT2D eigenvalue weighted by atomic mass is 10.1. The van der Waals surface area contributed by atoms with Gasteiger partial charge < -0.3 is 19.5 Å². The number of nitrogens with one attached hydrogen (secondary N) is 1. The zero-order valence-electron chi connectivity index (χ0n) is 14.6. The van der Waals surface area contributed by atoms with E-state index in [0.29, 0.717) is 19.6 Å². The molecule has 0 fully saturated rings. The molecule has 1 N–H and O–H groups in total. The van der Waals surface area contributed by atoms with Crippen LogP contribution in [0.4, 0.5) is 0 Å². The number of carbonyl (C=O) groups excluding carboxylic acids is 1. The van der Waals surface area contributed by atoms with Crippen LogP contribution in [0, 0.1) is 13.8 Å². The molecule has 3 rings (SSSR count). The van der Waals surface area contributed by atoms with Gasteiger partial charge in [0.05, 0.1) is 13.0 Å². The molecular weight excluding hydrogens is 318 g/mol. The predicted molar refractivity (Wildman–Crippen MR) is 95.3 cm³/mol. The number of carbonyl (C=O) groups is 1. The van der Waals surface area contributed by atoms with Crippen LogP contribution in [0.1, 0.15) is 23.1 Å². The Morgan fingerprint density at radius 1 is 1.16 bits per heavy atom. The molecule has 2 aromatic carbocycles. The quantitative estimate of drug-likeness (QED) is 0.840. The summed E-state index contributed by atoms with van der Waals surface area (Å²) in [6.07, 6.45) is 1.09. The molecule has 0 saturated carbocycles. The highest BCUT2D eigenvalue weighted by atomic mass is 16.7. The standard InChI is InChI=1S/C20H23NO4/c1-14-4-3-5-17(15(14)2)23-11-9-20(22)21-10-8-16-6-7-18-19(12-16)25-13-24-18/h3-7,12H,8-11,13H2,1-2H3,(H,21,22). The number of aryl methyl sites for hydroxylation is 1. The molecule has 2 aromatic rings. The van der Waals surface area contributed by atoms with Crippen molar-refractivity contribution in [3.05, 3.63) is 53.1 Å². The van der Waals surface area contributed by atoms with Crippen LogP contribution in [0.25, 0.3) is 0 Å². The molecule has 1 heterocycles. The monoisotopic (exact) mass is 341 g/mol. The molecule has 5 heteroatoms. The van der Waals surface area contributed by atoms with Crippen LogP contribution < -0.4 is 19.5 Å². The van der Waals surface area contributed by atoms with Crippen molar-refractivity contribution < 1.29 is 19.0 Å². The third-order valence-electron chi connectivity index (χ3n) is 4.31. The molecule has 0 spiro atoms. The SMILES string of the molecule is Cc1cccc(OCCC(=O)NCCc2ccc3c(c2)OCO3)c1C. The van der Waals surface area contributed by atoms with Crippen molar-refractivity contribution in [1.82, 2.24) is 5.32 Å². The molecule has 0 saturated heterocycles. The Labute approximate surface area is 147 Å². The van der Waals surface area contributed by atoms with Crippen LogP contribution in [0.2, 0.25) is 0 Å². The van der Waals surface area contributed by atoms with Crippen LogP contribution in [0.15, 0.2) is 36.4 Å². The van der Waals surface area contributed by atoms with Gasteiger partial charge in [-0.3, -0.25) is 4.79 Å². The van der Waals surface area contributed by atoms with Crippen LogP contribution in [-0.2, 0) is 11.2 Å². The maximum Gasteiger partial charge on any atom is 0.231 e. The van der Waals surface area contributed by atoms with Crippen LogP contribution in [-0.4, -0.2) is 25.9 Å². The zero-order chi connectivity index (χ0) is 17.6. The number of rotatable bonds is 7. The summed E-state index contributed by atoms with van der Waals surface area (Å²) >= 11 is 0. The summed E-state index contributed by atoms with van der Waals surface area (Å²) in [5.74, 6) is 2.38. The first kappa shape index (κ1) is 17.1. The summed E-state index contributed by atoms with van der Waals surface area (Å²) in [5.41, 5.74) is 3.41. The van der Waals surface area contributed by atoms with Gasteiger partial charge in [-0.2, -0.15) is 0 Å². The fraction of sp³-hybridized carbons (Fsp3) is 0.350. The maximum atomic E-state index is 11.9. The summed E-state index contributed by atoms with van der Waals surface area (Å²) in [6, 6.07) is 11.8. The molecule has 0 atom stereocenters. The van der Waals surface area contributed by atoms with Crippen LogP contribution >= 0.6 is 0 Å². The molecule has 0 aromatic heterocycles. The van der Waals surface area contributed by atoms with E-state index in [1.54, 1.807) is 0 Å². The van der Waals surface area contributed by atoms with Gasteiger partial charge in [0.2, 0.25) is 12.7 Å². The first-order valence-electron chi connectivity index (χ1n) is 8.48. The molecule has 0 bridgehead atoms. The Morgan fingerprint density at radius 2 is 2.00 bits per heavy atom. The van der Waals surface area contributed by atoms with Gasteiger partial charge in [-0.1, -0.05) is 18.2 Å². The first-order valence-corrected chi connectivity index (χ1v) is 8.48. The van der Waals surface area contributed by atoms with Gasteiger partial charge in [0.25, 0.3) is 0 Å². The largest absolute Gasteiger partial charge is 0.493 e. The van der Waals surface area contributed by atoms with Crippen LogP contribution in [0.5, 0.6) is 17.2 Å².